The van der Waals surface area contributed by atoms with E-state index in [-0.39, 0.29) is 18.4 Å². The number of amides is 1. The van der Waals surface area contributed by atoms with Crippen LogP contribution in [0.3, 0.4) is 0 Å². The summed E-state index contributed by atoms with van der Waals surface area (Å²) in [7, 11) is 1.34. The standard InChI is InChI=1S/C19H22N2O3/c1-13(2)14-4-10-17(11-5-14)21-18(22)12-20-16-8-6-15(7-9-16)19(23)24-3/h4-11,13,20H,12H2,1-3H3,(H,21,22). The van der Waals surface area contributed by atoms with Crippen LogP contribution in [0.4, 0.5) is 11.4 Å². The number of nitrogens with one attached hydrogen (secondary N) is 2. The Morgan fingerprint density at radius 2 is 1.54 bits per heavy atom. The van der Waals surface area contributed by atoms with Crippen molar-refractivity contribution in [2.24, 2.45) is 0 Å². The van der Waals surface area contributed by atoms with Gasteiger partial charge in [-0.15, -0.1) is 0 Å². The number of rotatable bonds is 6. The molecule has 1 amide bonds. The van der Waals surface area contributed by atoms with Crippen molar-refractivity contribution in [2.45, 2.75) is 19.8 Å². The summed E-state index contributed by atoms with van der Waals surface area (Å²) in [5, 5.41) is 5.86. The van der Waals surface area contributed by atoms with Crippen molar-refractivity contribution in [3.63, 3.8) is 0 Å². The van der Waals surface area contributed by atoms with Gasteiger partial charge in [-0.2, -0.15) is 0 Å². The van der Waals surface area contributed by atoms with Gasteiger partial charge in [-0.3, -0.25) is 4.79 Å². The second-order valence-corrected chi connectivity index (χ2v) is 5.75. The number of ether oxygens (including phenoxy) is 1. The van der Waals surface area contributed by atoms with Gasteiger partial charge >= 0.3 is 5.97 Å². The molecule has 2 N–H and O–H groups in total. The van der Waals surface area contributed by atoms with E-state index in [1.165, 1.54) is 12.7 Å². The third kappa shape index (κ3) is 4.84. The van der Waals surface area contributed by atoms with Gasteiger partial charge in [-0.25, -0.2) is 4.79 Å². The molecule has 0 bridgehead atoms. The van der Waals surface area contributed by atoms with Crippen molar-refractivity contribution < 1.29 is 14.3 Å². The van der Waals surface area contributed by atoms with Crippen molar-refractivity contribution in [3.8, 4) is 0 Å². The minimum atomic E-state index is -0.385. The molecule has 0 aliphatic carbocycles. The van der Waals surface area contributed by atoms with Crippen LogP contribution in [0, 0.1) is 0 Å². The van der Waals surface area contributed by atoms with Gasteiger partial charge in [0.25, 0.3) is 0 Å². The van der Waals surface area contributed by atoms with E-state index in [9.17, 15) is 9.59 Å². The Bertz CT molecular complexity index is 692. The molecule has 0 heterocycles. The van der Waals surface area contributed by atoms with E-state index in [0.29, 0.717) is 11.5 Å². The van der Waals surface area contributed by atoms with Crippen molar-refractivity contribution in [3.05, 3.63) is 59.7 Å². The number of hydrogen-bond acceptors (Lipinski definition) is 4. The van der Waals surface area contributed by atoms with Crippen LogP contribution in [0.25, 0.3) is 0 Å². The maximum Gasteiger partial charge on any atom is 0.337 e. The largest absolute Gasteiger partial charge is 0.465 e. The topological polar surface area (TPSA) is 67.4 Å². The van der Waals surface area contributed by atoms with Gasteiger partial charge < -0.3 is 15.4 Å². The molecule has 5 heteroatoms. The average molecular weight is 326 g/mol. The number of hydrogen-bond donors (Lipinski definition) is 2. The molecule has 126 valence electrons. The Morgan fingerprint density at radius 3 is 2.08 bits per heavy atom. The summed E-state index contributed by atoms with van der Waals surface area (Å²) in [5.74, 6) is -0.0575. The highest BCUT2D eigenvalue weighted by Gasteiger charge is 2.06. The SMILES string of the molecule is COC(=O)c1ccc(NCC(=O)Nc2ccc(C(C)C)cc2)cc1. The zero-order chi connectivity index (χ0) is 17.5. The summed E-state index contributed by atoms with van der Waals surface area (Å²) in [4.78, 5) is 23.3. The van der Waals surface area contributed by atoms with Crippen LogP contribution in [0.1, 0.15) is 35.7 Å². The Labute approximate surface area is 142 Å². The fourth-order valence-electron chi connectivity index (χ4n) is 2.18. The highest BCUT2D eigenvalue weighted by molar-refractivity contribution is 5.94. The number of methoxy groups -OCH3 is 1. The van der Waals surface area contributed by atoms with Gasteiger partial charge in [-0.1, -0.05) is 26.0 Å². The zero-order valence-corrected chi connectivity index (χ0v) is 14.1. The molecule has 2 aromatic carbocycles. The Kier molecular flexibility index (Phi) is 5.95. The summed E-state index contributed by atoms with van der Waals surface area (Å²) in [5.41, 5.74) is 3.23. The lowest BCUT2D eigenvalue weighted by Gasteiger charge is -2.10. The van der Waals surface area contributed by atoms with Crippen molar-refractivity contribution in [1.82, 2.24) is 0 Å². The van der Waals surface area contributed by atoms with E-state index in [1.54, 1.807) is 24.3 Å². The molecule has 2 aromatic rings. The van der Waals surface area contributed by atoms with Crippen LogP contribution >= 0.6 is 0 Å². The molecule has 24 heavy (non-hydrogen) atoms. The van der Waals surface area contributed by atoms with Gasteiger partial charge in [0.15, 0.2) is 0 Å². The third-order valence-corrected chi connectivity index (χ3v) is 3.62. The molecule has 0 saturated heterocycles. The number of anilines is 2. The molecule has 0 aliphatic rings. The summed E-state index contributed by atoms with van der Waals surface area (Å²) in [6.07, 6.45) is 0. The van der Waals surface area contributed by atoms with Crippen LogP contribution in [0.2, 0.25) is 0 Å². The smallest absolute Gasteiger partial charge is 0.337 e. The molecule has 2 rings (SSSR count). The van der Waals surface area contributed by atoms with Gasteiger partial charge in [0.2, 0.25) is 5.91 Å². The first-order chi connectivity index (χ1) is 11.5. The third-order valence-electron chi connectivity index (χ3n) is 3.62. The molecule has 0 radical (unpaired) electrons. The van der Waals surface area contributed by atoms with Crippen molar-refractivity contribution >= 4 is 23.3 Å². The van der Waals surface area contributed by atoms with Gasteiger partial charge in [-0.05, 0) is 47.9 Å². The summed E-state index contributed by atoms with van der Waals surface area (Å²) in [6.45, 7) is 4.40. The number of carbonyl (C=O) groups excluding carboxylic acids is 2. The average Bonchev–Trinajstić information content (AvgIpc) is 2.60. The molecule has 0 saturated carbocycles. The molecular weight excluding hydrogens is 304 g/mol. The summed E-state index contributed by atoms with van der Waals surface area (Å²) in [6, 6.07) is 14.6. The van der Waals surface area contributed by atoms with Crippen molar-refractivity contribution in [2.75, 3.05) is 24.3 Å². The van der Waals surface area contributed by atoms with Crippen molar-refractivity contribution in [1.29, 1.82) is 0 Å². The van der Waals surface area contributed by atoms with Crippen LogP contribution < -0.4 is 10.6 Å². The van der Waals surface area contributed by atoms with E-state index in [0.717, 1.165) is 11.4 Å². The van der Waals surface area contributed by atoms with Crippen LogP contribution in [0.15, 0.2) is 48.5 Å². The molecular formula is C19H22N2O3. The molecule has 0 atom stereocenters. The van der Waals surface area contributed by atoms with Crippen LogP contribution in [-0.2, 0) is 9.53 Å². The fraction of sp³-hybridized carbons (Fsp3) is 0.263. The van der Waals surface area contributed by atoms with E-state index in [2.05, 4.69) is 29.2 Å². The quantitative estimate of drug-likeness (QED) is 0.795. The molecule has 0 fully saturated rings. The van der Waals surface area contributed by atoms with E-state index < -0.39 is 0 Å². The monoisotopic (exact) mass is 326 g/mol. The highest BCUT2D eigenvalue weighted by Crippen LogP contribution is 2.17. The number of carbonyl (C=O) groups is 2. The second-order valence-electron chi connectivity index (χ2n) is 5.75. The number of esters is 1. The lowest BCUT2D eigenvalue weighted by molar-refractivity contribution is -0.114. The maximum atomic E-state index is 12.0. The maximum absolute atomic E-state index is 12.0. The predicted octanol–water partition coefficient (Wildman–Crippen LogP) is 3.65. The van der Waals surface area contributed by atoms with Gasteiger partial charge in [0, 0.05) is 11.4 Å². The summed E-state index contributed by atoms with van der Waals surface area (Å²) < 4.78 is 4.64. The minimum Gasteiger partial charge on any atom is -0.465 e. The summed E-state index contributed by atoms with van der Waals surface area (Å²) >= 11 is 0. The minimum absolute atomic E-state index is 0.135. The van der Waals surface area contributed by atoms with Gasteiger partial charge in [0.05, 0.1) is 19.2 Å². The molecule has 0 spiro atoms. The molecule has 5 nitrogen and oxygen atoms in total. The van der Waals surface area contributed by atoms with Gasteiger partial charge in [0.1, 0.15) is 0 Å². The molecule has 0 aliphatic heterocycles. The van der Waals surface area contributed by atoms with Crippen LogP contribution in [0.5, 0.6) is 0 Å². The first kappa shape index (κ1) is 17.5. The van der Waals surface area contributed by atoms with E-state index in [1.807, 2.05) is 24.3 Å². The van der Waals surface area contributed by atoms with E-state index >= 15 is 0 Å². The lowest BCUT2D eigenvalue weighted by Crippen LogP contribution is -2.21. The fourth-order valence-corrected chi connectivity index (χ4v) is 2.18. The highest BCUT2D eigenvalue weighted by atomic mass is 16.5. The Morgan fingerprint density at radius 1 is 0.958 bits per heavy atom. The van der Waals surface area contributed by atoms with Crippen LogP contribution in [-0.4, -0.2) is 25.5 Å². The Balaban J connectivity index is 1.85. The molecule has 0 aromatic heterocycles. The Hall–Kier alpha value is -2.82. The normalized spacial score (nSPS) is 10.3. The first-order valence-electron chi connectivity index (χ1n) is 7.81. The zero-order valence-electron chi connectivity index (χ0n) is 14.1. The van der Waals surface area contributed by atoms with E-state index in [4.69, 9.17) is 0 Å². The number of benzene rings is 2. The molecule has 0 unspecified atom stereocenters. The first-order valence-corrected chi connectivity index (χ1v) is 7.81. The predicted molar refractivity (Wildman–Crippen MR) is 95.4 cm³/mol. The lowest BCUT2D eigenvalue weighted by atomic mass is 10.0. The second kappa shape index (κ2) is 8.15.